The van der Waals surface area contributed by atoms with Crippen molar-refractivity contribution in [2.45, 2.75) is 20.8 Å². The van der Waals surface area contributed by atoms with E-state index in [2.05, 4.69) is 27.6 Å². The third-order valence-electron chi connectivity index (χ3n) is 4.60. The molecule has 1 aliphatic heterocycles. The first-order valence-corrected chi connectivity index (χ1v) is 13.0. The molecule has 0 saturated carbocycles. The molecule has 2 aromatic carbocycles. The fraction of sp³-hybridized carbons (Fsp3) is 0.240. The Balaban J connectivity index is 2.06. The normalized spacial score (nSPS) is 15.6. The number of hydrogen-bond donors (Lipinski definition) is 1. The van der Waals surface area contributed by atoms with Gasteiger partial charge in [0.05, 0.1) is 38.9 Å². The third-order valence-corrected chi connectivity index (χ3v) is 6.75. The highest BCUT2D eigenvalue weighted by molar-refractivity contribution is 14.1. The Morgan fingerprint density at radius 2 is 1.83 bits per heavy atom. The van der Waals surface area contributed by atoms with Crippen LogP contribution in [-0.4, -0.2) is 41.8 Å². The number of amides is 1. The molecule has 0 radical (unpaired) electrons. The summed E-state index contributed by atoms with van der Waals surface area (Å²) in [5.41, 5.74) is 0.719. The number of halogens is 2. The number of aliphatic hydroxyl groups is 1. The first-order valence-electron chi connectivity index (χ1n) is 10.8. The zero-order valence-electron chi connectivity index (χ0n) is 19.3. The monoisotopic (exact) mass is 627 g/mol. The van der Waals surface area contributed by atoms with E-state index in [-0.39, 0.29) is 33.6 Å². The van der Waals surface area contributed by atoms with Gasteiger partial charge in [0.15, 0.2) is 11.5 Å². The molecule has 1 N–H and O–H groups in total. The van der Waals surface area contributed by atoms with Crippen LogP contribution in [0.25, 0.3) is 6.08 Å². The molecule has 1 aliphatic rings. The van der Waals surface area contributed by atoms with Crippen LogP contribution in [0.5, 0.6) is 11.5 Å². The molecule has 2 aromatic rings. The van der Waals surface area contributed by atoms with Gasteiger partial charge in [-0.05, 0) is 79.3 Å². The third kappa shape index (κ3) is 6.39. The lowest BCUT2D eigenvalue weighted by molar-refractivity contribution is -0.138. The minimum absolute atomic E-state index is 0.0304. The molecule has 0 unspecified atom stereocenters. The number of esters is 1. The van der Waals surface area contributed by atoms with Crippen LogP contribution in [0.4, 0.5) is 0 Å². The SMILES string of the molecule is CCOC(=O)C1=C(O)/C(=C/c2cc(I)c(OCC)c(OCC)c2)SC1=NC(=O)c1ccccc1Cl. The van der Waals surface area contributed by atoms with Crippen molar-refractivity contribution in [3.05, 3.63) is 72.4 Å². The quantitative estimate of drug-likeness (QED) is 0.266. The van der Waals surface area contributed by atoms with E-state index in [1.807, 2.05) is 19.9 Å². The average molecular weight is 628 g/mol. The van der Waals surface area contributed by atoms with Gasteiger partial charge >= 0.3 is 5.97 Å². The highest BCUT2D eigenvalue weighted by Crippen LogP contribution is 2.41. The summed E-state index contributed by atoms with van der Waals surface area (Å²) in [6.07, 6.45) is 1.68. The van der Waals surface area contributed by atoms with E-state index in [0.717, 1.165) is 15.3 Å². The number of nitrogens with zero attached hydrogens (tertiary/aromatic N) is 1. The highest BCUT2D eigenvalue weighted by Gasteiger charge is 2.34. The predicted molar refractivity (Wildman–Crippen MR) is 147 cm³/mol. The maximum Gasteiger partial charge on any atom is 0.344 e. The summed E-state index contributed by atoms with van der Waals surface area (Å²) in [4.78, 5) is 29.8. The molecular weight excluding hydrogens is 605 g/mol. The molecule has 10 heteroatoms. The van der Waals surface area contributed by atoms with Crippen LogP contribution >= 0.6 is 46.0 Å². The average Bonchev–Trinajstić information content (AvgIpc) is 3.11. The molecule has 0 saturated heterocycles. The van der Waals surface area contributed by atoms with E-state index in [1.165, 1.54) is 6.07 Å². The number of carbonyl (C=O) groups is 2. The molecule has 1 amide bonds. The molecule has 0 spiro atoms. The van der Waals surface area contributed by atoms with Crippen LogP contribution in [0.3, 0.4) is 0 Å². The van der Waals surface area contributed by atoms with Crippen molar-refractivity contribution in [1.82, 2.24) is 0 Å². The Bertz CT molecular complexity index is 1240. The molecule has 0 atom stereocenters. The molecular formula is C25H23ClINO6S. The van der Waals surface area contributed by atoms with Gasteiger partial charge in [0.1, 0.15) is 16.4 Å². The zero-order valence-corrected chi connectivity index (χ0v) is 23.0. The number of hydrogen-bond acceptors (Lipinski definition) is 7. The summed E-state index contributed by atoms with van der Waals surface area (Å²) >= 11 is 9.27. The van der Waals surface area contributed by atoms with Crippen molar-refractivity contribution in [1.29, 1.82) is 0 Å². The van der Waals surface area contributed by atoms with E-state index >= 15 is 0 Å². The second kappa shape index (κ2) is 12.5. The first-order chi connectivity index (χ1) is 16.8. The van der Waals surface area contributed by atoms with Gasteiger partial charge in [-0.3, -0.25) is 4.79 Å². The number of benzene rings is 2. The van der Waals surface area contributed by atoms with Gasteiger partial charge in [-0.2, -0.15) is 0 Å². The van der Waals surface area contributed by atoms with Crippen molar-refractivity contribution < 1.29 is 28.9 Å². The lowest BCUT2D eigenvalue weighted by atomic mass is 10.1. The Labute approximate surface area is 226 Å². The van der Waals surface area contributed by atoms with Gasteiger partial charge in [0.25, 0.3) is 5.91 Å². The topological polar surface area (TPSA) is 94.4 Å². The molecule has 0 aliphatic carbocycles. The number of carbonyl (C=O) groups excluding carboxylic acids is 2. The molecule has 35 heavy (non-hydrogen) atoms. The molecule has 184 valence electrons. The summed E-state index contributed by atoms with van der Waals surface area (Å²) < 4.78 is 17.4. The van der Waals surface area contributed by atoms with Crippen molar-refractivity contribution >= 4 is 68.9 Å². The van der Waals surface area contributed by atoms with Crippen molar-refractivity contribution in [2.75, 3.05) is 19.8 Å². The maximum absolute atomic E-state index is 12.8. The van der Waals surface area contributed by atoms with Gasteiger partial charge in [-0.1, -0.05) is 35.5 Å². The van der Waals surface area contributed by atoms with Crippen molar-refractivity contribution in [3.63, 3.8) is 0 Å². The second-order valence-electron chi connectivity index (χ2n) is 6.95. The maximum atomic E-state index is 12.8. The Kier molecular flexibility index (Phi) is 9.64. The summed E-state index contributed by atoms with van der Waals surface area (Å²) in [7, 11) is 0. The Hall–Kier alpha value is -2.50. The predicted octanol–water partition coefficient (Wildman–Crippen LogP) is 6.44. The van der Waals surface area contributed by atoms with Gasteiger partial charge in [0.2, 0.25) is 0 Å². The Morgan fingerprint density at radius 1 is 1.11 bits per heavy atom. The molecule has 3 rings (SSSR count). The number of aliphatic hydroxyl groups excluding tert-OH is 1. The van der Waals surface area contributed by atoms with E-state index in [4.69, 9.17) is 25.8 Å². The summed E-state index contributed by atoms with van der Waals surface area (Å²) in [6, 6.07) is 10.1. The minimum Gasteiger partial charge on any atom is -0.506 e. The van der Waals surface area contributed by atoms with Crippen LogP contribution in [-0.2, 0) is 9.53 Å². The molecule has 7 nitrogen and oxygen atoms in total. The van der Waals surface area contributed by atoms with E-state index in [0.29, 0.717) is 35.2 Å². The van der Waals surface area contributed by atoms with Crippen LogP contribution in [0, 0.1) is 3.57 Å². The van der Waals surface area contributed by atoms with Crippen LogP contribution in [0.1, 0.15) is 36.7 Å². The molecule has 0 aromatic heterocycles. The first kappa shape index (κ1) is 27.1. The van der Waals surface area contributed by atoms with Gasteiger partial charge in [-0.15, -0.1) is 0 Å². The van der Waals surface area contributed by atoms with Gasteiger partial charge in [0, 0.05) is 0 Å². The lowest BCUT2D eigenvalue weighted by Crippen LogP contribution is -2.14. The summed E-state index contributed by atoms with van der Waals surface area (Å²) in [5.74, 6) is -0.532. The van der Waals surface area contributed by atoms with Crippen LogP contribution < -0.4 is 9.47 Å². The van der Waals surface area contributed by atoms with Gasteiger partial charge in [-0.25, -0.2) is 9.79 Å². The minimum atomic E-state index is -0.775. The fourth-order valence-electron chi connectivity index (χ4n) is 3.15. The second-order valence-corrected chi connectivity index (χ2v) is 9.55. The number of thioether (sulfide) groups is 1. The fourth-order valence-corrected chi connectivity index (χ4v) is 5.16. The Morgan fingerprint density at radius 3 is 2.49 bits per heavy atom. The van der Waals surface area contributed by atoms with Crippen LogP contribution in [0.15, 0.2) is 57.6 Å². The number of aliphatic imine (C=N–C) groups is 1. The van der Waals surface area contributed by atoms with Crippen LogP contribution in [0.2, 0.25) is 5.02 Å². The zero-order chi connectivity index (χ0) is 25.5. The number of ether oxygens (including phenoxy) is 3. The molecule has 0 fully saturated rings. The standard InChI is InChI=1S/C25H23ClINO6S/c1-4-32-18-12-14(11-17(27)22(18)33-5-2)13-19-21(29)20(25(31)34-6-3)24(35-19)28-23(30)15-9-7-8-10-16(15)26/h7-13,29H,4-6H2,1-3H3/b19-13-,28-24?. The smallest absolute Gasteiger partial charge is 0.344 e. The van der Waals surface area contributed by atoms with E-state index in [9.17, 15) is 14.7 Å². The summed E-state index contributed by atoms with van der Waals surface area (Å²) in [5, 5.41) is 11.2. The van der Waals surface area contributed by atoms with Gasteiger partial charge < -0.3 is 19.3 Å². The van der Waals surface area contributed by atoms with Crippen molar-refractivity contribution in [2.24, 2.45) is 4.99 Å². The molecule has 0 bridgehead atoms. The van der Waals surface area contributed by atoms with Crippen molar-refractivity contribution in [3.8, 4) is 11.5 Å². The van der Waals surface area contributed by atoms with E-state index < -0.39 is 11.9 Å². The lowest BCUT2D eigenvalue weighted by Gasteiger charge is -2.13. The highest BCUT2D eigenvalue weighted by atomic mass is 127. The van der Waals surface area contributed by atoms with E-state index in [1.54, 1.807) is 37.3 Å². The number of rotatable bonds is 8. The largest absolute Gasteiger partial charge is 0.506 e. The molecule has 1 heterocycles. The summed E-state index contributed by atoms with van der Waals surface area (Å²) in [6.45, 7) is 6.44.